The summed E-state index contributed by atoms with van der Waals surface area (Å²) in [6.07, 6.45) is 3.89. The van der Waals surface area contributed by atoms with Gasteiger partial charge in [-0.25, -0.2) is 8.42 Å². The van der Waals surface area contributed by atoms with Crippen LogP contribution in [-0.2, 0) is 27.9 Å². The first-order valence-electron chi connectivity index (χ1n) is 10.7. The maximum atomic E-state index is 13.0. The third kappa shape index (κ3) is 6.38. The predicted molar refractivity (Wildman–Crippen MR) is 131 cm³/mol. The Morgan fingerprint density at radius 3 is 2.25 bits per heavy atom. The molecule has 1 amide bonds. The molecule has 1 fully saturated rings. The minimum Gasteiger partial charge on any atom is -0.350 e. The number of nitrogens with one attached hydrogen (secondary N) is 1. The van der Waals surface area contributed by atoms with Gasteiger partial charge in [0.05, 0.1) is 22.0 Å². The third-order valence-corrected chi connectivity index (χ3v) is 7.50. The number of carbonyl (C=O) groups is 1. The zero-order chi connectivity index (χ0) is 23.3. The molecule has 0 spiro atoms. The Kier molecular flexibility index (Phi) is 8.44. The summed E-state index contributed by atoms with van der Waals surface area (Å²) in [5, 5.41) is 3.41. The van der Waals surface area contributed by atoms with E-state index >= 15 is 0 Å². The van der Waals surface area contributed by atoms with E-state index in [9.17, 15) is 13.2 Å². The molecule has 1 atom stereocenters. The van der Waals surface area contributed by atoms with Crippen molar-refractivity contribution in [2.75, 3.05) is 23.7 Å². The van der Waals surface area contributed by atoms with E-state index < -0.39 is 16.1 Å². The maximum Gasteiger partial charge on any atom is 0.244 e. The number of likely N-dealkylation sites (tertiary alicyclic amines) is 1. The summed E-state index contributed by atoms with van der Waals surface area (Å²) in [5.41, 5.74) is 2.50. The molecule has 0 bridgehead atoms. The van der Waals surface area contributed by atoms with Crippen LogP contribution in [0.2, 0.25) is 10.0 Å². The molecule has 0 saturated carbocycles. The molecule has 2 aromatic carbocycles. The number of sulfonamides is 1. The zero-order valence-electron chi connectivity index (χ0n) is 18.4. The van der Waals surface area contributed by atoms with E-state index in [1.165, 1.54) is 30.5 Å². The second-order valence-corrected chi connectivity index (χ2v) is 10.8. The number of hydrogen-bond donors (Lipinski definition) is 1. The first kappa shape index (κ1) is 24.8. The van der Waals surface area contributed by atoms with Crippen LogP contribution in [0.15, 0.2) is 42.5 Å². The molecule has 1 N–H and O–H groups in total. The average Bonchev–Trinajstić information content (AvgIpc) is 3.25. The van der Waals surface area contributed by atoms with Crippen LogP contribution in [0, 0.1) is 0 Å². The Balaban J connectivity index is 1.68. The van der Waals surface area contributed by atoms with Crippen LogP contribution in [-0.4, -0.2) is 44.6 Å². The van der Waals surface area contributed by atoms with Gasteiger partial charge < -0.3 is 5.32 Å². The quantitative estimate of drug-likeness (QED) is 0.555. The Hall–Kier alpha value is -1.80. The number of hydrogen-bond acceptors (Lipinski definition) is 4. The minimum absolute atomic E-state index is 0.224. The van der Waals surface area contributed by atoms with E-state index in [1.54, 1.807) is 13.0 Å². The van der Waals surface area contributed by atoms with Gasteiger partial charge in [0.2, 0.25) is 15.9 Å². The van der Waals surface area contributed by atoms with Crippen molar-refractivity contribution in [3.05, 3.63) is 63.6 Å². The van der Waals surface area contributed by atoms with E-state index in [-0.39, 0.29) is 10.9 Å². The SMILES string of the molecule is CC[C@H](C(=O)NCc1ccc(CN2CCCC2)cc1)N(c1ccc(Cl)c(Cl)c1)S(C)(=O)=O. The number of benzene rings is 2. The molecular formula is C23H29Cl2N3O3S. The normalized spacial score (nSPS) is 15.5. The lowest BCUT2D eigenvalue weighted by Crippen LogP contribution is -2.49. The molecule has 1 heterocycles. The van der Waals surface area contributed by atoms with Gasteiger partial charge in [0, 0.05) is 13.1 Å². The first-order chi connectivity index (χ1) is 15.2. The van der Waals surface area contributed by atoms with Crippen molar-refractivity contribution >= 4 is 44.8 Å². The molecule has 6 nitrogen and oxygen atoms in total. The van der Waals surface area contributed by atoms with E-state index in [0.29, 0.717) is 23.7 Å². The molecule has 3 rings (SSSR count). The van der Waals surface area contributed by atoms with Gasteiger partial charge in [-0.2, -0.15) is 0 Å². The number of rotatable bonds is 9. The largest absolute Gasteiger partial charge is 0.350 e. The number of carbonyl (C=O) groups excluding carboxylic acids is 1. The van der Waals surface area contributed by atoms with Crippen LogP contribution < -0.4 is 9.62 Å². The smallest absolute Gasteiger partial charge is 0.244 e. The van der Waals surface area contributed by atoms with Crippen molar-refractivity contribution in [2.24, 2.45) is 0 Å². The maximum absolute atomic E-state index is 13.0. The Labute approximate surface area is 200 Å². The molecule has 0 aromatic heterocycles. The van der Waals surface area contributed by atoms with Gasteiger partial charge in [0.15, 0.2) is 0 Å². The Morgan fingerprint density at radius 1 is 1.06 bits per heavy atom. The highest BCUT2D eigenvalue weighted by Gasteiger charge is 2.31. The molecule has 0 unspecified atom stereocenters. The third-order valence-electron chi connectivity index (χ3n) is 5.58. The fourth-order valence-corrected chi connectivity index (χ4v) is 5.45. The van der Waals surface area contributed by atoms with Crippen LogP contribution in [0.4, 0.5) is 5.69 Å². The van der Waals surface area contributed by atoms with Gasteiger partial charge >= 0.3 is 0 Å². The van der Waals surface area contributed by atoms with Gasteiger partial charge in [0.25, 0.3) is 0 Å². The molecule has 0 aliphatic carbocycles. The van der Waals surface area contributed by atoms with E-state index in [1.807, 2.05) is 12.1 Å². The summed E-state index contributed by atoms with van der Waals surface area (Å²) >= 11 is 12.1. The molecule has 174 valence electrons. The average molecular weight is 498 g/mol. The molecule has 1 aliphatic rings. The minimum atomic E-state index is -3.74. The predicted octanol–water partition coefficient (Wildman–Crippen LogP) is 4.45. The standard InChI is InChI=1S/C23H29Cl2N3O3S/c1-3-22(28(32(2,30)31)19-10-11-20(24)21(25)14-19)23(29)26-15-17-6-8-18(9-7-17)16-27-12-4-5-13-27/h6-11,14,22H,3-5,12-13,15-16H2,1-2H3,(H,26,29)/t22-/m1/s1. The van der Waals surface area contributed by atoms with E-state index in [2.05, 4.69) is 22.3 Å². The van der Waals surface area contributed by atoms with E-state index in [0.717, 1.165) is 35.8 Å². The highest BCUT2D eigenvalue weighted by Crippen LogP contribution is 2.30. The summed E-state index contributed by atoms with van der Waals surface area (Å²) in [5.74, 6) is -0.370. The van der Waals surface area contributed by atoms with Gasteiger partial charge in [-0.15, -0.1) is 0 Å². The summed E-state index contributed by atoms with van der Waals surface area (Å²) in [7, 11) is -3.74. The molecule has 9 heteroatoms. The lowest BCUT2D eigenvalue weighted by Gasteiger charge is -2.30. The second-order valence-electron chi connectivity index (χ2n) is 8.10. The summed E-state index contributed by atoms with van der Waals surface area (Å²) in [6.45, 7) is 5.32. The van der Waals surface area contributed by atoms with Crippen molar-refractivity contribution in [3.8, 4) is 0 Å². The molecule has 32 heavy (non-hydrogen) atoms. The summed E-state index contributed by atoms with van der Waals surface area (Å²) in [6, 6.07) is 11.8. The highest BCUT2D eigenvalue weighted by atomic mass is 35.5. The second kappa shape index (κ2) is 10.9. The monoisotopic (exact) mass is 497 g/mol. The number of nitrogens with zero attached hydrogens (tertiary/aromatic N) is 2. The molecular weight excluding hydrogens is 469 g/mol. The van der Waals surface area contributed by atoms with Crippen molar-refractivity contribution in [1.82, 2.24) is 10.2 Å². The Morgan fingerprint density at radius 2 is 1.69 bits per heavy atom. The van der Waals surface area contributed by atoms with Crippen LogP contribution in [0.3, 0.4) is 0 Å². The van der Waals surface area contributed by atoms with Gasteiger partial charge in [-0.3, -0.25) is 14.0 Å². The Bertz CT molecular complexity index is 1040. The van der Waals surface area contributed by atoms with Crippen LogP contribution >= 0.6 is 23.2 Å². The number of anilines is 1. The van der Waals surface area contributed by atoms with Gasteiger partial charge in [-0.05, 0) is 61.7 Å². The number of halogens is 2. The van der Waals surface area contributed by atoms with Crippen LogP contribution in [0.1, 0.15) is 37.3 Å². The van der Waals surface area contributed by atoms with Crippen molar-refractivity contribution < 1.29 is 13.2 Å². The first-order valence-corrected chi connectivity index (χ1v) is 13.3. The van der Waals surface area contributed by atoms with Gasteiger partial charge in [0.1, 0.15) is 6.04 Å². The highest BCUT2D eigenvalue weighted by molar-refractivity contribution is 7.92. The molecule has 0 radical (unpaired) electrons. The van der Waals surface area contributed by atoms with E-state index in [4.69, 9.17) is 23.2 Å². The summed E-state index contributed by atoms with van der Waals surface area (Å²) < 4.78 is 26.2. The molecule has 1 saturated heterocycles. The fraction of sp³-hybridized carbons (Fsp3) is 0.435. The zero-order valence-corrected chi connectivity index (χ0v) is 20.7. The number of amides is 1. The van der Waals surface area contributed by atoms with Crippen LogP contribution in [0.5, 0.6) is 0 Å². The lowest BCUT2D eigenvalue weighted by atomic mass is 10.1. The molecule has 2 aromatic rings. The van der Waals surface area contributed by atoms with Crippen molar-refractivity contribution in [2.45, 2.75) is 45.3 Å². The lowest BCUT2D eigenvalue weighted by molar-refractivity contribution is -0.122. The molecule has 1 aliphatic heterocycles. The van der Waals surface area contributed by atoms with Crippen molar-refractivity contribution in [1.29, 1.82) is 0 Å². The topological polar surface area (TPSA) is 69.7 Å². The summed E-state index contributed by atoms with van der Waals surface area (Å²) in [4.78, 5) is 15.4. The van der Waals surface area contributed by atoms with Crippen molar-refractivity contribution in [3.63, 3.8) is 0 Å². The van der Waals surface area contributed by atoms with Gasteiger partial charge in [-0.1, -0.05) is 54.4 Å². The van der Waals surface area contributed by atoms with Crippen LogP contribution in [0.25, 0.3) is 0 Å². The fourth-order valence-electron chi connectivity index (χ4n) is 3.95.